The topological polar surface area (TPSA) is 40.0 Å². The van der Waals surface area contributed by atoms with Gasteiger partial charge in [-0.3, -0.25) is 9.98 Å². The van der Waals surface area contributed by atoms with Crippen LogP contribution in [0.5, 0.6) is 0 Å². The fraction of sp³-hybridized carbons (Fsp3) is 0.895. The summed E-state index contributed by atoms with van der Waals surface area (Å²) >= 11 is 0. The summed E-state index contributed by atoms with van der Waals surface area (Å²) < 4.78 is 0. The van der Waals surface area contributed by atoms with Gasteiger partial charge in [0.25, 0.3) is 0 Å². The van der Waals surface area contributed by atoms with E-state index in [4.69, 9.17) is 4.99 Å². The molecule has 0 aromatic heterocycles. The van der Waals surface area contributed by atoms with E-state index >= 15 is 0 Å². The number of rotatable bonds is 9. The third-order valence-electron chi connectivity index (χ3n) is 4.52. The molecule has 0 saturated heterocycles. The molecule has 0 unspecified atom stereocenters. The van der Waals surface area contributed by atoms with Gasteiger partial charge in [-0.05, 0) is 38.0 Å². The number of hydrogen-bond acceptors (Lipinski definition) is 4. The zero-order valence-electron chi connectivity index (χ0n) is 15.8. The lowest BCUT2D eigenvalue weighted by Crippen LogP contribution is -2.32. The van der Waals surface area contributed by atoms with Crippen molar-refractivity contribution in [1.82, 2.24) is 10.2 Å². The highest BCUT2D eigenvalue weighted by molar-refractivity contribution is 5.84. The van der Waals surface area contributed by atoms with Crippen LogP contribution < -0.4 is 5.32 Å². The summed E-state index contributed by atoms with van der Waals surface area (Å²) in [6, 6.07) is 1.05. The Kier molecular flexibility index (Phi) is 6.91. The molecule has 0 bridgehead atoms. The van der Waals surface area contributed by atoms with Crippen LogP contribution in [-0.2, 0) is 0 Å². The maximum Gasteiger partial charge on any atom is 0.0996 e. The fourth-order valence-corrected chi connectivity index (χ4v) is 3.48. The molecule has 0 radical (unpaired) electrons. The Balaban J connectivity index is 1.62. The Labute approximate surface area is 142 Å². The largest absolute Gasteiger partial charge is 0.369 e. The van der Waals surface area contributed by atoms with Gasteiger partial charge in [0.1, 0.15) is 0 Å². The summed E-state index contributed by atoms with van der Waals surface area (Å²) in [5.74, 6) is 3.95. The van der Waals surface area contributed by atoms with E-state index in [9.17, 15) is 0 Å². The number of amidine groups is 2. The SMILES string of the molecule is CC(C)CC1=NC[C@H](CCCCN2C[C@H](C)N=C2CC(C)C)N1. The van der Waals surface area contributed by atoms with Crippen LogP contribution in [0.2, 0.25) is 0 Å². The Morgan fingerprint density at radius 1 is 1.13 bits per heavy atom. The van der Waals surface area contributed by atoms with E-state index in [1.165, 1.54) is 37.5 Å². The smallest absolute Gasteiger partial charge is 0.0996 e. The lowest BCUT2D eigenvalue weighted by atomic mass is 10.1. The van der Waals surface area contributed by atoms with E-state index in [2.05, 4.69) is 49.8 Å². The molecule has 4 heteroatoms. The average molecular weight is 321 g/mol. The molecule has 2 atom stereocenters. The quantitative estimate of drug-likeness (QED) is 0.658. The molecule has 0 saturated carbocycles. The molecule has 0 aromatic carbocycles. The van der Waals surface area contributed by atoms with Crippen molar-refractivity contribution in [3.8, 4) is 0 Å². The summed E-state index contributed by atoms with van der Waals surface area (Å²) in [5.41, 5.74) is 0. The molecule has 23 heavy (non-hydrogen) atoms. The highest BCUT2D eigenvalue weighted by Gasteiger charge is 2.22. The molecule has 0 amide bonds. The molecule has 2 rings (SSSR count). The predicted octanol–water partition coefficient (Wildman–Crippen LogP) is 3.72. The van der Waals surface area contributed by atoms with Gasteiger partial charge in [-0.2, -0.15) is 0 Å². The van der Waals surface area contributed by atoms with Gasteiger partial charge in [0, 0.05) is 32.0 Å². The molecule has 2 aliphatic heterocycles. The van der Waals surface area contributed by atoms with Crippen molar-refractivity contribution in [2.45, 2.75) is 78.8 Å². The predicted molar refractivity (Wildman–Crippen MR) is 100 cm³/mol. The molecule has 0 fully saturated rings. The van der Waals surface area contributed by atoms with Crippen molar-refractivity contribution in [2.75, 3.05) is 19.6 Å². The first kappa shape index (κ1) is 18.3. The molecule has 2 heterocycles. The van der Waals surface area contributed by atoms with Gasteiger partial charge in [0.05, 0.1) is 24.3 Å². The summed E-state index contributed by atoms with van der Waals surface area (Å²) in [7, 11) is 0. The molecule has 2 aliphatic rings. The maximum atomic E-state index is 4.82. The molecule has 0 spiro atoms. The molecule has 4 nitrogen and oxygen atoms in total. The summed E-state index contributed by atoms with van der Waals surface area (Å²) in [6.07, 6.45) is 6.01. The fourth-order valence-electron chi connectivity index (χ4n) is 3.48. The van der Waals surface area contributed by atoms with Gasteiger partial charge in [-0.25, -0.2) is 0 Å². The van der Waals surface area contributed by atoms with Crippen LogP contribution in [0.15, 0.2) is 9.98 Å². The first-order chi connectivity index (χ1) is 10.9. The summed E-state index contributed by atoms with van der Waals surface area (Å²) in [4.78, 5) is 12.0. The highest BCUT2D eigenvalue weighted by atomic mass is 15.2. The Bertz CT molecular complexity index is 425. The third kappa shape index (κ3) is 6.15. The van der Waals surface area contributed by atoms with Crippen LogP contribution in [0.1, 0.15) is 66.7 Å². The standard InChI is InChI=1S/C19H36N4/c1-14(2)10-18-20-12-17(22-18)8-6-7-9-23-13-16(5)21-19(23)11-15(3)4/h14-17H,6-13H2,1-5H3,(H,20,22)/t16-,17-/m0/s1. The van der Waals surface area contributed by atoms with Gasteiger partial charge in [0.15, 0.2) is 0 Å². The van der Waals surface area contributed by atoms with Crippen LogP contribution in [0.4, 0.5) is 0 Å². The summed E-state index contributed by atoms with van der Waals surface area (Å²) in [5, 5.41) is 3.61. The summed E-state index contributed by atoms with van der Waals surface area (Å²) in [6.45, 7) is 14.6. The van der Waals surface area contributed by atoms with Crippen molar-refractivity contribution in [3.63, 3.8) is 0 Å². The first-order valence-corrected chi connectivity index (χ1v) is 9.55. The van der Waals surface area contributed by atoms with E-state index in [-0.39, 0.29) is 0 Å². The zero-order valence-corrected chi connectivity index (χ0v) is 15.8. The number of unbranched alkanes of at least 4 members (excludes halogenated alkanes) is 1. The van der Waals surface area contributed by atoms with Crippen molar-refractivity contribution >= 4 is 11.7 Å². The molecule has 132 valence electrons. The lowest BCUT2D eigenvalue weighted by molar-refractivity contribution is 0.397. The minimum absolute atomic E-state index is 0.479. The Morgan fingerprint density at radius 2 is 1.87 bits per heavy atom. The average Bonchev–Trinajstić information content (AvgIpc) is 3.00. The molecule has 0 aliphatic carbocycles. The van der Waals surface area contributed by atoms with Crippen LogP contribution in [0.3, 0.4) is 0 Å². The number of aliphatic imine (C=N–C) groups is 2. The van der Waals surface area contributed by atoms with Crippen LogP contribution in [-0.4, -0.2) is 48.3 Å². The van der Waals surface area contributed by atoms with E-state index < -0.39 is 0 Å². The zero-order chi connectivity index (χ0) is 16.8. The molecular formula is C19H36N4. The van der Waals surface area contributed by atoms with E-state index in [1.807, 2.05) is 0 Å². The molecule has 0 aromatic rings. The number of hydrogen-bond donors (Lipinski definition) is 1. The normalized spacial score (nSPS) is 24.4. The second kappa shape index (κ2) is 8.70. The third-order valence-corrected chi connectivity index (χ3v) is 4.52. The van der Waals surface area contributed by atoms with Crippen LogP contribution in [0.25, 0.3) is 0 Å². The van der Waals surface area contributed by atoms with Gasteiger partial charge in [-0.1, -0.05) is 27.7 Å². The monoisotopic (exact) mass is 320 g/mol. The Morgan fingerprint density at radius 3 is 2.57 bits per heavy atom. The molecule has 1 N–H and O–H groups in total. The lowest BCUT2D eigenvalue weighted by Gasteiger charge is -2.22. The van der Waals surface area contributed by atoms with Gasteiger partial charge >= 0.3 is 0 Å². The Hall–Kier alpha value is -1.06. The second-order valence-electron chi connectivity index (χ2n) is 8.16. The van der Waals surface area contributed by atoms with Gasteiger partial charge in [-0.15, -0.1) is 0 Å². The minimum Gasteiger partial charge on any atom is -0.369 e. The van der Waals surface area contributed by atoms with E-state index in [0.717, 1.165) is 25.9 Å². The first-order valence-electron chi connectivity index (χ1n) is 9.55. The maximum absolute atomic E-state index is 4.82. The van der Waals surface area contributed by atoms with Gasteiger partial charge in [0.2, 0.25) is 0 Å². The molecular weight excluding hydrogens is 284 g/mol. The van der Waals surface area contributed by atoms with E-state index in [0.29, 0.717) is 23.9 Å². The minimum atomic E-state index is 0.479. The number of nitrogens with zero attached hydrogens (tertiary/aromatic N) is 3. The highest BCUT2D eigenvalue weighted by Crippen LogP contribution is 2.17. The van der Waals surface area contributed by atoms with Crippen LogP contribution in [0, 0.1) is 11.8 Å². The number of nitrogens with one attached hydrogen (secondary N) is 1. The van der Waals surface area contributed by atoms with Crippen molar-refractivity contribution in [2.24, 2.45) is 21.8 Å². The van der Waals surface area contributed by atoms with Crippen molar-refractivity contribution in [1.29, 1.82) is 0 Å². The van der Waals surface area contributed by atoms with Crippen molar-refractivity contribution in [3.05, 3.63) is 0 Å². The second-order valence-corrected chi connectivity index (χ2v) is 8.16. The van der Waals surface area contributed by atoms with Crippen molar-refractivity contribution < 1.29 is 0 Å². The van der Waals surface area contributed by atoms with Gasteiger partial charge < -0.3 is 10.2 Å². The van der Waals surface area contributed by atoms with Crippen LogP contribution >= 0.6 is 0 Å². The van der Waals surface area contributed by atoms with E-state index in [1.54, 1.807) is 0 Å².